The Kier molecular flexibility index (Phi) is 8.13. The van der Waals surface area contributed by atoms with Crippen molar-refractivity contribution in [3.63, 3.8) is 0 Å². The van der Waals surface area contributed by atoms with Crippen molar-refractivity contribution in [1.29, 1.82) is 0 Å². The number of aliphatic hydroxyl groups is 1. The monoisotopic (exact) mass is 435 g/mol. The Hall–Kier alpha value is -0.660. The third kappa shape index (κ3) is 6.43. The van der Waals surface area contributed by atoms with Gasteiger partial charge < -0.3 is 19.5 Å². The van der Waals surface area contributed by atoms with Crippen LogP contribution in [0.1, 0.15) is 32.3 Å². The topological polar surface area (TPSA) is 59.0 Å². The number of ether oxygens (including phenoxy) is 2. The Bertz CT molecular complexity index is 653. The molecule has 1 aromatic rings. The van der Waals surface area contributed by atoms with E-state index in [4.69, 9.17) is 32.7 Å². The van der Waals surface area contributed by atoms with Gasteiger partial charge in [-0.05, 0) is 44.7 Å². The third-order valence-corrected chi connectivity index (χ3v) is 5.64. The molecule has 0 saturated carbocycles. The van der Waals surface area contributed by atoms with Crippen LogP contribution in [-0.2, 0) is 9.47 Å². The average Bonchev–Trinajstić information content (AvgIpc) is 2.79. The molecule has 1 aromatic carbocycles. The number of nitrogens with zero attached hydrogens (tertiary/aromatic N) is 1. The number of amides is 1. The molecule has 1 aliphatic rings. The zero-order valence-corrected chi connectivity index (χ0v) is 18.4. The van der Waals surface area contributed by atoms with Gasteiger partial charge in [0.05, 0.1) is 28.9 Å². The van der Waals surface area contributed by atoms with E-state index >= 15 is 0 Å². The number of thioether (sulfide) groups is 1. The Morgan fingerprint density at radius 2 is 2.11 bits per heavy atom. The molecule has 1 aliphatic heterocycles. The van der Waals surface area contributed by atoms with E-state index in [0.717, 1.165) is 5.56 Å². The lowest BCUT2D eigenvalue weighted by molar-refractivity contribution is -0.0304. The molecule has 3 unspecified atom stereocenters. The summed E-state index contributed by atoms with van der Waals surface area (Å²) in [4.78, 5) is 14.2. The first-order chi connectivity index (χ1) is 12.6. The molecule has 1 N–H and O–H groups in total. The van der Waals surface area contributed by atoms with Crippen molar-refractivity contribution in [1.82, 2.24) is 4.90 Å². The minimum atomic E-state index is -0.668. The summed E-state index contributed by atoms with van der Waals surface area (Å²) in [6.45, 7) is 6.59. The van der Waals surface area contributed by atoms with Gasteiger partial charge in [-0.15, -0.1) is 0 Å². The van der Waals surface area contributed by atoms with E-state index in [1.807, 2.05) is 33.1 Å². The van der Waals surface area contributed by atoms with Crippen LogP contribution in [0.3, 0.4) is 0 Å². The van der Waals surface area contributed by atoms with Crippen LogP contribution in [0.4, 0.5) is 4.79 Å². The summed E-state index contributed by atoms with van der Waals surface area (Å²) >= 11 is 13.8. The van der Waals surface area contributed by atoms with Gasteiger partial charge in [0.25, 0.3) is 0 Å². The average molecular weight is 436 g/mol. The smallest absolute Gasteiger partial charge is 0.410 e. The van der Waals surface area contributed by atoms with Crippen molar-refractivity contribution in [3.05, 3.63) is 33.8 Å². The van der Waals surface area contributed by atoms with Crippen LogP contribution in [0, 0.1) is 0 Å². The summed E-state index contributed by atoms with van der Waals surface area (Å²) < 4.78 is 11.5. The molecule has 1 fully saturated rings. The second-order valence-electron chi connectivity index (χ2n) is 7.56. The molecule has 0 spiro atoms. The molecule has 1 heterocycles. The van der Waals surface area contributed by atoms with Crippen molar-refractivity contribution < 1.29 is 19.4 Å². The minimum Gasteiger partial charge on any atom is -0.444 e. The van der Waals surface area contributed by atoms with Crippen LogP contribution in [0.2, 0.25) is 10.0 Å². The molecule has 8 heteroatoms. The molecule has 0 aliphatic carbocycles. The largest absolute Gasteiger partial charge is 0.444 e. The molecule has 1 amide bonds. The van der Waals surface area contributed by atoms with E-state index in [-0.39, 0.29) is 5.92 Å². The summed E-state index contributed by atoms with van der Waals surface area (Å²) in [7, 11) is 0. The van der Waals surface area contributed by atoms with Gasteiger partial charge in [0, 0.05) is 24.8 Å². The summed E-state index contributed by atoms with van der Waals surface area (Å²) in [6.07, 6.45) is 0.414. The quantitative estimate of drug-likeness (QED) is 0.757. The minimum absolute atomic E-state index is 0.253. The highest BCUT2D eigenvalue weighted by Gasteiger charge is 2.36. The van der Waals surface area contributed by atoms with Gasteiger partial charge in [0.2, 0.25) is 0 Å². The molecule has 1 saturated heterocycles. The van der Waals surface area contributed by atoms with Gasteiger partial charge in [-0.3, -0.25) is 0 Å². The molecule has 152 valence electrons. The SMILES string of the molecule is CSCC(O)C1OCCN(C(=O)OC(C)(C)C)CC1c1ccc(Cl)c(Cl)c1. The van der Waals surface area contributed by atoms with Crippen molar-refractivity contribution in [3.8, 4) is 0 Å². The highest BCUT2D eigenvalue weighted by Crippen LogP contribution is 2.33. The summed E-state index contributed by atoms with van der Waals surface area (Å²) in [5.74, 6) is 0.284. The molecule has 3 atom stereocenters. The second-order valence-corrected chi connectivity index (χ2v) is 9.29. The standard InChI is InChI=1S/C19H27Cl2NO4S/c1-19(2,3)26-18(24)22-7-8-25-17(16(23)11-27-4)13(10-22)12-5-6-14(20)15(21)9-12/h5-6,9,13,16-17,23H,7-8,10-11H2,1-4H3. The number of carbonyl (C=O) groups excluding carboxylic acids is 1. The Morgan fingerprint density at radius 1 is 1.41 bits per heavy atom. The predicted molar refractivity (Wildman–Crippen MR) is 111 cm³/mol. The summed E-state index contributed by atoms with van der Waals surface area (Å²) in [5.41, 5.74) is 0.283. The number of benzene rings is 1. The Balaban J connectivity index is 2.32. The van der Waals surface area contributed by atoms with Gasteiger partial charge in [-0.2, -0.15) is 11.8 Å². The molecule has 27 heavy (non-hydrogen) atoms. The third-order valence-electron chi connectivity index (χ3n) is 4.23. The zero-order chi connectivity index (χ0) is 20.2. The maximum atomic E-state index is 12.6. The van der Waals surface area contributed by atoms with Crippen LogP contribution < -0.4 is 0 Å². The van der Waals surface area contributed by atoms with Crippen molar-refractivity contribution in [2.45, 2.75) is 44.5 Å². The zero-order valence-electron chi connectivity index (χ0n) is 16.1. The number of hydrogen-bond acceptors (Lipinski definition) is 5. The van der Waals surface area contributed by atoms with Gasteiger partial charge in [0.15, 0.2) is 0 Å². The van der Waals surface area contributed by atoms with Crippen LogP contribution in [0.5, 0.6) is 0 Å². The van der Waals surface area contributed by atoms with E-state index in [2.05, 4.69) is 0 Å². The maximum absolute atomic E-state index is 12.6. The number of rotatable bonds is 4. The molecular weight excluding hydrogens is 409 g/mol. The van der Waals surface area contributed by atoms with Crippen LogP contribution in [0.25, 0.3) is 0 Å². The summed E-state index contributed by atoms with van der Waals surface area (Å²) in [5, 5.41) is 11.5. The van der Waals surface area contributed by atoms with Crippen LogP contribution >= 0.6 is 35.0 Å². The number of hydrogen-bond donors (Lipinski definition) is 1. The Morgan fingerprint density at radius 3 is 2.70 bits per heavy atom. The number of aliphatic hydroxyl groups excluding tert-OH is 1. The van der Waals surface area contributed by atoms with Gasteiger partial charge in [-0.25, -0.2) is 4.79 Å². The highest BCUT2D eigenvalue weighted by atomic mass is 35.5. The van der Waals surface area contributed by atoms with Crippen molar-refractivity contribution in [2.24, 2.45) is 0 Å². The van der Waals surface area contributed by atoms with Crippen LogP contribution in [0.15, 0.2) is 18.2 Å². The predicted octanol–water partition coefficient (Wildman–Crippen LogP) is 4.44. The molecular formula is C19H27Cl2NO4S. The second kappa shape index (κ2) is 9.70. The van der Waals surface area contributed by atoms with E-state index < -0.39 is 23.9 Å². The fourth-order valence-electron chi connectivity index (χ4n) is 3.02. The lowest BCUT2D eigenvalue weighted by Crippen LogP contribution is -2.42. The Labute approximate surface area is 175 Å². The molecule has 0 bridgehead atoms. The first-order valence-electron chi connectivity index (χ1n) is 8.84. The molecule has 2 rings (SSSR count). The maximum Gasteiger partial charge on any atom is 0.410 e. The van der Waals surface area contributed by atoms with E-state index in [1.54, 1.807) is 28.8 Å². The van der Waals surface area contributed by atoms with Gasteiger partial charge in [0.1, 0.15) is 5.60 Å². The van der Waals surface area contributed by atoms with Crippen molar-refractivity contribution >= 4 is 41.1 Å². The summed E-state index contributed by atoms with van der Waals surface area (Å²) in [6, 6.07) is 5.36. The lowest BCUT2D eigenvalue weighted by Gasteiger charge is -2.31. The van der Waals surface area contributed by atoms with Crippen LogP contribution in [-0.4, -0.2) is 65.6 Å². The van der Waals surface area contributed by atoms with Crippen molar-refractivity contribution in [2.75, 3.05) is 31.7 Å². The lowest BCUT2D eigenvalue weighted by atomic mass is 9.90. The molecule has 0 radical (unpaired) electrons. The van der Waals surface area contributed by atoms with E-state index in [0.29, 0.717) is 35.5 Å². The van der Waals surface area contributed by atoms with E-state index in [9.17, 15) is 9.90 Å². The first-order valence-corrected chi connectivity index (χ1v) is 11.0. The fourth-order valence-corrected chi connectivity index (χ4v) is 3.86. The number of carbonyl (C=O) groups is 1. The highest BCUT2D eigenvalue weighted by molar-refractivity contribution is 7.98. The van der Waals surface area contributed by atoms with Gasteiger partial charge >= 0.3 is 6.09 Å². The van der Waals surface area contributed by atoms with E-state index in [1.165, 1.54) is 0 Å². The normalized spacial score (nSPS) is 22.3. The number of halogens is 2. The molecule has 5 nitrogen and oxygen atoms in total. The molecule has 0 aromatic heterocycles. The fraction of sp³-hybridized carbons (Fsp3) is 0.632. The van der Waals surface area contributed by atoms with Gasteiger partial charge in [-0.1, -0.05) is 29.3 Å². The first kappa shape index (κ1) is 22.6.